The van der Waals surface area contributed by atoms with Crippen molar-refractivity contribution in [3.63, 3.8) is 0 Å². The van der Waals surface area contributed by atoms with E-state index in [-0.39, 0.29) is 11.7 Å². The van der Waals surface area contributed by atoms with Crippen LogP contribution >= 0.6 is 0 Å². The number of allylic oxidation sites excluding steroid dienone is 3. The maximum Gasteiger partial charge on any atom is 0.130 e. The maximum absolute atomic E-state index is 15.7. The molecule has 0 radical (unpaired) electrons. The van der Waals surface area contributed by atoms with Crippen molar-refractivity contribution in [3.8, 4) is 0 Å². The molecule has 1 aliphatic rings. The molecule has 1 atom stereocenters. The van der Waals surface area contributed by atoms with Crippen LogP contribution in [0.1, 0.15) is 64.5 Å². The van der Waals surface area contributed by atoms with Gasteiger partial charge in [-0.15, -0.1) is 0 Å². The molecule has 1 aliphatic carbocycles. The van der Waals surface area contributed by atoms with Gasteiger partial charge >= 0.3 is 0 Å². The fraction of sp³-hybridized carbons (Fsp3) is 0.565. The predicted molar refractivity (Wildman–Crippen MR) is 107 cm³/mol. The summed E-state index contributed by atoms with van der Waals surface area (Å²) in [6, 6.07) is 8.31. The minimum absolute atomic E-state index is 0.0153. The number of halogens is 1. The van der Waals surface area contributed by atoms with Gasteiger partial charge in [-0.1, -0.05) is 56.2 Å². The lowest BCUT2D eigenvalue weighted by Gasteiger charge is -2.20. The van der Waals surface area contributed by atoms with Gasteiger partial charge in [-0.05, 0) is 69.0 Å². The van der Waals surface area contributed by atoms with Crippen molar-refractivity contribution < 1.29 is 4.39 Å². The van der Waals surface area contributed by atoms with Crippen molar-refractivity contribution in [1.29, 1.82) is 0 Å². The summed E-state index contributed by atoms with van der Waals surface area (Å²) in [4.78, 5) is 0. The summed E-state index contributed by atoms with van der Waals surface area (Å²) in [7, 11) is 0. The van der Waals surface area contributed by atoms with Gasteiger partial charge in [-0.25, -0.2) is 4.39 Å². The van der Waals surface area contributed by atoms with Crippen molar-refractivity contribution in [1.82, 2.24) is 5.32 Å². The molecule has 1 aromatic carbocycles. The molecule has 0 heterocycles. The molecule has 0 amide bonds. The monoisotopic (exact) mass is 343 g/mol. The molecule has 1 aromatic rings. The van der Waals surface area contributed by atoms with Crippen LogP contribution < -0.4 is 5.32 Å². The molecule has 0 aliphatic heterocycles. The van der Waals surface area contributed by atoms with Gasteiger partial charge in [0.05, 0.1) is 0 Å². The van der Waals surface area contributed by atoms with E-state index in [0.717, 1.165) is 42.6 Å². The molecule has 25 heavy (non-hydrogen) atoms. The summed E-state index contributed by atoms with van der Waals surface area (Å²) < 4.78 is 15.7. The summed E-state index contributed by atoms with van der Waals surface area (Å²) in [5, 5.41) is 3.44. The maximum atomic E-state index is 15.7. The van der Waals surface area contributed by atoms with Crippen LogP contribution in [0.15, 0.2) is 41.2 Å². The molecule has 1 fully saturated rings. The van der Waals surface area contributed by atoms with Crippen molar-refractivity contribution in [3.05, 3.63) is 52.4 Å². The van der Waals surface area contributed by atoms with Crippen LogP contribution in [0.3, 0.4) is 0 Å². The van der Waals surface area contributed by atoms with Crippen molar-refractivity contribution in [2.75, 3.05) is 13.1 Å². The highest BCUT2D eigenvalue weighted by atomic mass is 19.1. The van der Waals surface area contributed by atoms with Gasteiger partial charge < -0.3 is 5.32 Å². The second kappa shape index (κ2) is 9.33. The van der Waals surface area contributed by atoms with E-state index in [9.17, 15) is 0 Å². The number of hydrogen-bond donors (Lipinski definition) is 1. The number of aryl methyl sites for hydroxylation is 1. The number of nitrogens with one attached hydrogen (secondary N) is 1. The van der Waals surface area contributed by atoms with E-state index in [1.54, 1.807) is 0 Å². The average Bonchev–Trinajstić information content (AvgIpc) is 3.42. The number of benzene rings is 1. The largest absolute Gasteiger partial charge is 0.316 e. The lowest BCUT2D eigenvalue weighted by molar-refractivity contribution is 0.533. The van der Waals surface area contributed by atoms with Gasteiger partial charge in [0.2, 0.25) is 0 Å². The number of rotatable bonds is 9. The Kier molecular flexibility index (Phi) is 7.43. The Bertz CT molecular complexity index is 620. The fourth-order valence-electron chi connectivity index (χ4n) is 3.47. The normalized spacial score (nSPS) is 17.8. The zero-order valence-electron chi connectivity index (χ0n) is 16.6. The van der Waals surface area contributed by atoms with Gasteiger partial charge in [-0.3, -0.25) is 0 Å². The molecule has 138 valence electrons. The van der Waals surface area contributed by atoms with E-state index in [4.69, 9.17) is 0 Å². The summed E-state index contributed by atoms with van der Waals surface area (Å²) in [6.45, 7) is 12.4. The Morgan fingerprint density at radius 1 is 1.20 bits per heavy atom. The van der Waals surface area contributed by atoms with Crippen LogP contribution in [0.5, 0.6) is 0 Å². The highest BCUT2D eigenvalue weighted by molar-refractivity contribution is 5.80. The Labute approximate surface area is 153 Å². The molecule has 2 rings (SSSR count). The van der Waals surface area contributed by atoms with Crippen LogP contribution in [0, 0.1) is 18.8 Å². The standard InChI is InChI=1S/C23H34FN/c1-6-14-25-15-17(4)21(7-2)23(24)22(18(5)19-12-13-19)20-10-8-16(3)9-11-20/h8-11,17,19,25H,6-7,12-15H2,1-5H3/b22-18+,23-21+. The van der Waals surface area contributed by atoms with Crippen molar-refractivity contribution in [2.24, 2.45) is 11.8 Å². The Morgan fingerprint density at radius 2 is 1.84 bits per heavy atom. The lowest BCUT2D eigenvalue weighted by Crippen LogP contribution is -2.23. The van der Waals surface area contributed by atoms with Crippen LogP contribution in [-0.2, 0) is 0 Å². The molecule has 0 aromatic heterocycles. The lowest BCUT2D eigenvalue weighted by atomic mass is 9.89. The van der Waals surface area contributed by atoms with E-state index >= 15 is 4.39 Å². The van der Waals surface area contributed by atoms with Gasteiger partial charge in [0.15, 0.2) is 0 Å². The first-order valence-corrected chi connectivity index (χ1v) is 9.86. The van der Waals surface area contributed by atoms with E-state index in [1.165, 1.54) is 24.0 Å². The van der Waals surface area contributed by atoms with Gasteiger partial charge in [-0.2, -0.15) is 0 Å². The topological polar surface area (TPSA) is 12.0 Å². The first-order chi connectivity index (χ1) is 12.0. The van der Waals surface area contributed by atoms with Crippen LogP contribution in [0.25, 0.3) is 5.57 Å². The molecule has 0 spiro atoms. The van der Waals surface area contributed by atoms with Crippen LogP contribution in [0.2, 0.25) is 0 Å². The van der Waals surface area contributed by atoms with Crippen molar-refractivity contribution in [2.45, 2.75) is 60.3 Å². The number of hydrogen-bond acceptors (Lipinski definition) is 1. The molecule has 1 unspecified atom stereocenters. The highest BCUT2D eigenvalue weighted by Crippen LogP contribution is 2.43. The molecule has 0 bridgehead atoms. The smallest absolute Gasteiger partial charge is 0.130 e. The average molecular weight is 344 g/mol. The van der Waals surface area contributed by atoms with Crippen molar-refractivity contribution >= 4 is 5.57 Å². The SMILES string of the molecule is CCCNCC(C)/C(CC)=C(F)\C(=C(/C)C1CC1)c1ccc(C)cc1. The summed E-state index contributed by atoms with van der Waals surface area (Å²) >= 11 is 0. The van der Waals surface area contributed by atoms with E-state index in [1.807, 2.05) is 0 Å². The van der Waals surface area contributed by atoms with E-state index < -0.39 is 0 Å². The second-order valence-electron chi connectivity index (χ2n) is 7.50. The molecular formula is C23H34FN. The van der Waals surface area contributed by atoms with Crippen LogP contribution in [0.4, 0.5) is 4.39 Å². The first kappa shape index (κ1) is 19.9. The first-order valence-electron chi connectivity index (χ1n) is 9.86. The third-order valence-electron chi connectivity index (χ3n) is 5.28. The molecule has 1 saturated carbocycles. The molecule has 0 saturated heterocycles. The highest BCUT2D eigenvalue weighted by Gasteiger charge is 2.28. The third kappa shape index (κ3) is 5.28. The summed E-state index contributed by atoms with van der Waals surface area (Å²) in [6.07, 6.45) is 4.26. The zero-order valence-corrected chi connectivity index (χ0v) is 16.6. The summed E-state index contributed by atoms with van der Waals surface area (Å²) in [5.41, 5.74) is 5.25. The minimum atomic E-state index is 0.0153. The van der Waals surface area contributed by atoms with Gasteiger partial charge in [0, 0.05) is 12.1 Å². The quantitative estimate of drug-likeness (QED) is 0.401. The van der Waals surface area contributed by atoms with E-state index in [0.29, 0.717) is 5.92 Å². The molecule has 2 heteroatoms. The second-order valence-corrected chi connectivity index (χ2v) is 7.50. The molecular weight excluding hydrogens is 309 g/mol. The summed E-state index contributed by atoms with van der Waals surface area (Å²) in [5.74, 6) is 0.791. The third-order valence-corrected chi connectivity index (χ3v) is 5.28. The Hall–Kier alpha value is -1.41. The van der Waals surface area contributed by atoms with E-state index in [2.05, 4.69) is 64.2 Å². The zero-order chi connectivity index (χ0) is 18.4. The van der Waals surface area contributed by atoms with Gasteiger partial charge in [0.1, 0.15) is 5.83 Å². The Balaban J connectivity index is 2.40. The fourth-order valence-corrected chi connectivity index (χ4v) is 3.47. The van der Waals surface area contributed by atoms with Crippen LogP contribution in [-0.4, -0.2) is 13.1 Å². The Morgan fingerprint density at radius 3 is 2.36 bits per heavy atom. The van der Waals surface area contributed by atoms with Gasteiger partial charge in [0.25, 0.3) is 0 Å². The predicted octanol–water partition coefficient (Wildman–Crippen LogP) is 6.45. The molecule has 1 N–H and O–H groups in total. The molecule has 1 nitrogen and oxygen atoms in total. The minimum Gasteiger partial charge on any atom is -0.316 e.